The van der Waals surface area contributed by atoms with Gasteiger partial charge in [0, 0.05) is 36.1 Å². The lowest BCUT2D eigenvalue weighted by atomic mass is 9.95. The second kappa shape index (κ2) is 12.4. The SMILES string of the molecule is O=C(NCCOc1ccc(S(=O)(=O)N2CCCCC2)cc1)C1CCN(Cc2c(F)cccc2Cl)CC1. The van der Waals surface area contributed by atoms with Crippen LogP contribution in [0.25, 0.3) is 0 Å². The molecular formula is C26H33ClFN3O4S. The van der Waals surface area contributed by atoms with Crippen LogP contribution in [0.5, 0.6) is 5.75 Å². The van der Waals surface area contributed by atoms with Gasteiger partial charge in [0.15, 0.2) is 0 Å². The number of hydrogen-bond acceptors (Lipinski definition) is 5. The summed E-state index contributed by atoms with van der Waals surface area (Å²) in [5.41, 5.74) is 0.497. The van der Waals surface area contributed by atoms with Gasteiger partial charge in [-0.05, 0) is 75.2 Å². The third-order valence-corrected chi connectivity index (χ3v) is 9.12. The molecule has 2 aromatic rings. The molecule has 1 amide bonds. The van der Waals surface area contributed by atoms with Crippen LogP contribution in [0.15, 0.2) is 47.4 Å². The molecule has 2 saturated heterocycles. The van der Waals surface area contributed by atoms with Gasteiger partial charge >= 0.3 is 0 Å². The molecule has 0 radical (unpaired) electrons. The van der Waals surface area contributed by atoms with Gasteiger partial charge in [-0.3, -0.25) is 9.69 Å². The standard InChI is InChI=1S/C26H33ClFN3O4S/c27-24-5-4-6-25(28)23(24)19-30-16-11-20(12-17-30)26(32)29-13-18-35-21-7-9-22(10-8-21)36(33,34)31-14-2-1-3-15-31/h4-10,20H,1-3,11-19H2,(H,29,32). The summed E-state index contributed by atoms with van der Waals surface area (Å²) < 4.78 is 46.7. The first-order chi connectivity index (χ1) is 17.3. The van der Waals surface area contributed by atoms with Gasteiger partial charge < -0.3 is 10.1 Å². The van der Waals surface area contributed by atoms with Gasteiger partial charge in [-0.1, -0.05) is 24.1 Å². The summed E-state index contributed by atoms with van der Waals surface area (Å²) in [4.78, 5) is 14.9. The largest absolute Gasteiger partial charge is 0.492 e. The zero-order chi connectivity index (χ0) is 25.5. The van der Waals surface area contributed by atoms with E-state index in [-0.39, 0.29) is 29.1 Å². The zero-order valence-corrected chi connectivity index (χ0v) is 21.9. The number of likely N-dealkylation sites (tertiary alicyclic amines) is 1. The number of nitrogens with zero attached hydrogens (tertiary/aromatic N) is 2. The lowest BCUT2D eigenvalue weighted by Crippen LogP contribution is -2.41. The van der Waals surface area contributed by atoms with E-state index in [4.69, 9.17) is 16.3 Å². The monoisotopic (exact) mass is 537 g/mol. The molecule has 4 rings (SSSR count). The minimum atomic E-state index is -3.46. The fourth-order valence-electron chi connectivity index (χ4n) is 4.71. The number of carbonyl (C=O) groups excluding carboxylic acids is 1. The summed E-state index contributed by atoms with van der Waals surface area (Å²) in [5.74, 6) is 0.157. The average molecular weight is 538 g/mol. The van der Waals surface area contributed by atoms with Crippen molar-refractivity contribution in [3.8, 4) is 5.75 Å². The summed E-state index contributed by atoms with van der Waals surface area (Å²) in [6.07, 6.45) is 4.26. The number of amides is 1. The Morgan fingerprint density at radius 3 is 2.39 bits per heavy atom. The van der Waals surface area contributed by atoms with Crippen LogP contribution in [0.2, 0.25) is 5.02 Å². The van der Waals surface area contributed by atoms with Crippen LogP contribution in [-0.4, -0.2) is 62.9 Å². The van der Waals surface area contributed by atoms with Crippen LogP contribution in [0.4, 0.5) is 4.39 Å². The maximum Gasteiger partial charge on any atom is 0.243 e. The summed E-state index contributed by atoms with van der Waals surface area (Å²) in [5, 5.41) is 3.34. The molecule has 2 aliphatic heterocycles. The van der Waals surface area contributed by atoms with E-state index in [9.17, 15) is 17.6 Å². The molecular weight excluding hydrogens is 505 g/mol. The molecule has 2 heterocycles. The topological polar surface area (TPSA) is 78.9 Å². The maximum atomic E-state index is 14.0. The first-order valence-corrected chi connectivity index (χ1v) is 14.3. The summed E-state index contributed by atoms with van der Waals surface area (Å²) in [7, 11) is -3.46. The minimum absolute atomic E-state index is 0.00912. The van der Waals surface area contributed by atoms with Gasteiger partial charge in [0.2, 0.25) is 15.9 Å². The molecule has 7 nitrogen and oxygen atoms in total. The molecule has 0 bridgehead atoms. The lowest BCUT2D eigenvalue weighted by Gasteiger charge is -2.31. The Kier molecular flexibility index (Phi) is 9.22. The van der Waals surface area contributed by atoms with E-state index in [0.29, 0.717) is 68.4 Å². The number of nitrogens with one attached hydrogen (secondary N) is 1. The number of sulfonamides is 1. The molecule has 2 aromatic carbocycles. The van der Waals surface area contributed by atoms with E-state index in [0.717, 1.165) is 19.3 Å². The lowest BCUT2D eigenvalue weighted by molar-refractivity contribution is -0.126. The van der Waals surface area contributed by atoms with E-state index in [1.807, 2.05) is 0 Å². The van der Waals surface area contributed by atoms with Crippen molar-refractivity contribution in [2.75, 3.05) is 39.3 Å². The highest BCUT2D eigenvalue weighted by Gasteiger charge is 2.27. The van der Waals surface area contributed by atoms with Gasteiger partial charge in [0.1, 0.15) is 18.2 Å². The fourth-order valence-corrected chi connectivity index (χ4v) is 6.45. The van der Waals surface area contributed by atoms with Gasteiger partial charge in [0.05, 0.1) is 11.4 Å². The van der Waals surface area contributed by atoms with Gasteiger partial charge in [0.25, 0.3) is 0 Å². The molecule has 10 heteroatoms. The van der Waals surface area contributed by atoms with Crippen LogP contribution >= 0.6 is 11.6 Å². The van der Waals surface area contributed by atoms with Crippen LogP contribution in [0, 0.1) is 11.7 Å². The second-order valence-electron chi connectivity index (χ2n) is 9.33. The van der Waals surface area contributed by atoms with Gasteiger partial charge in [-0.25, -0.2) is 12.8 Å². The smallest absolute Gasteiger partial charge is 0.243 e. The fraction of sp³-hybridized carbons (Fsp3) is 0.500. The predicted octanol–water partition coefficient (Wildman–Crippen LogP) is 4.06. The van der Waals surface area contributed by atoms with Crippen LogP contribution in [-0.2, 0) is 21.4 Å². The van der Waals surface area contributed by atoms with Gasteiger partial charge in [-0.15, -0.1) is 0 Å². The Balaban J connectivity index is 1.16. The van der Waals surface area contributed by atoms with Crippen molar-refractivity contribution in [2.45, 2.75) is 43.5 Å². The maximum absolute atomic E-state index is 14.0. The molecule has 1 N–H and O–H groups in total. The van der Waals surface area contributed by atoms with Crippen molar-refractivity contribution in [1.29, 1.82) is 0 Å². The highest BCUT2D eigenvalue weighted by Crippen LogP contribution is 2.25. The third kappa shape index (κ3) is 6.76. The Morgan fingerprint density at radius 1 is 1.03 bits per heavy atom. The molecule has 2 aliphatic rings. The number of benzene rings is 2. The molecule has 0 aliphatic carbocycles. The Bertz CT molecular complexity index is 1110. The molecule has 0 saturated carbocycles. The van der Waals surface area contributed by atoms with Crippen molar-refractivity contribution in [3.05, 3.63) is 58.9 Å². The molecule has 0 aromatic heterocycles. The number of rotatable bonds is 9. The van der Waals surface area contributed by atoms with Crippen molar-refractivity contribution >= 4 is 27.5 Å². The number of halogens is 2. The third-order valence-electron chi connectivity index (χ3n) is 6.85. The number of carbonyl (C=O) groups is 1. The highest BCUT2D eigenvalue weighted by atomic mass is 35.5. The first kappa shape index (κ1) is 26.9. The van der Waals surface area contributed by atoms with E-state index in [2.05, 4.69) is 10.2 Å². The molecule has 0 spiro atoms. The number of piperidine rings is 2. The van der Waals surface area contributed by atoms with Crippen LogP contribution in [0.1, 0.15) is 37.7 Å². The van der Waals surface area contributed by atoms with E-state index in [1.54, 1.807) is 40.7 Å². The molecule has 0 atom stereocenters. The van der Waals surface area contributed by atoms with Crippen molar-refractivity contribution in [3.63, 3.8) is 0 Å². The molecule has 196 valence electrons. The highest BCUT2D eigenvalue weighted by molar-refractivity contribution is 7.89. The van der Waals surface area contributed by atoms with E-state index < -0.39 is 10.0 Å². The predicted molar refractivity (Wildman–Crippen MR) is 137 cm³/mol. The van der Waals surface area contributed by atoms with Crippen molar-refractivity contribution in [1.82, 2.24) is 14.5 Å². The Labute approximate surface area is 217 Å². The van der Waals surface area contributed by atoms with Gasteiger partial charge in [-0.2, -0.15) is 4.31 Å². The summed E-state index contributed by atoms with van der Waals surface area (Å²) in [6.45, 7) is 3.62. The summed E-state index contributed by atoms with van der Waals surface area (Å²) >= 11 is 6.13. The van der Waals surface area contributed by atoms with Crippen molar-refractivity contribution < 1.29 is 22.3 Å². The molecule has 36 heavy (non-hydrogen) atoms. The normalized spacial score (nSPS) is 18.2. The molecule has 2 fully saturated rings. The van der Waals surface area contributed by atoms with E-state index >= 15 is 0 Å². The summed E-state index contributed by atoms with van der Waals surface area (Å²) in [6, 6.07) is 11.1. The van der Waals surface area contributed by atoms with Crippen molar-refractivity contribution in [2.24, 2.45) is 5.92 Å². The second-order valence-corrected chi connectivity index (χ2v) is 11.7. The Hall–Kier alpha value is -2.20. The Morgan fingerprint density at radius 2 is 1.72 bits per heavy atom. The zero-order valence-electron chi connectivity index (χ0n) is 20.3. The van der Waals surface area contributed by atoms with Crippen LogP contribution in [0.3, 0.4) is 0 Å². The number of ether oxygens (including phenoxy) is 1. The quantitative estimate of drug-likeness (QED) is 0.488. The van der Waals surface area contributed by atoms with Crippen LogP contribution < -0.4 is 10.1 Å². The number of hydrogen-bond donors (Lipinski definition) is 1. The average Bonchev–Trinajstić information content (AvgIpc) is 2.90. The minimum Gasteiger partial charge on any atom is -0.492 e. The molecule has 0 unspecified atom stereocenters. The first-order valence-electron chi connectivity index (χ1n) is 12.5. The van der Waals surface area contributed by atoms with E-state index in [1.165, 1.54) is 6.07 Å².